The van der Waals surface area contributed by atoms with Gasteiger partial charge < -0.3 is 9.73 Å². The first-order chi connectivity index (χ1) is 9.78. The molecule has 1 aromatic carbocycles. The number of aromatic nitrogens is 1. The fraction of sp³-hybridized carbons (Fsp3) is 0.188. The second-order valence-electron chi connectivity index (χ2n) is 4.58. The Morgan fingerprint density at radius 3 is 2.80 bits per heavy atom. The molecule has 2 heterocycles. The van der Waals surface area contributed by atoms with Crippen LogP contribution in [0.2, 0.25) is 5.15 Å². The number of hydrogen-bond acceptors (Lipinski definition) is 3. The van der Waals surface area contributed by atoms with E-state index < -0.39 is 0 Å². The van der Waals surface area contributed by atoms with Crippen molar-refractivity contribution in [2.75, 3.05) is 5.32 Å². The number of fused-ring (bicyclic) bond motifs is 1. The predicted molar refractivity (Wildman–Crippen MR) is 82.2 cm³/mol. The van der Waals surface area contributed by atoms with Crippen molar-refractivity contribution in [1.82, 2.24) is 4.98 Å². The molecule has 0 unspecified atom stereocenters. The Morgan fingerprint density at radius 2 is 2.05 bits per heavy atom. The number of nitrogens with one attached hydrogen (secondary N) is 1. The van der Waals surface area contributed by atoms with Gasteiger partial charge in [0.25, 0.3) is 0 Å². The average Bonchev–Trinajstić information content (AvgIpc) is 2.84. The van der Waals surface area contributed by atoms with E-state index in [1.807, 2.05) is 24.3 Å². The Morgan fingerprint density at radius 1 is 1.20 bits per heavy atom. The summed E-state index contributed by atoms with van der Waals surface area (Å²) in [4.78, 5) is 4.06. The summed E-state index contributed by atoms with van der Waals surface area (Å²) in [7, 11) is 0. The zero-order chi connectivity index (χ0) is 13.9. The van der Waals surface area contributed by atoms with E-state index in [1.165, 1.54) is 10.9 Å². The van der Waals surface area contributed by atoms with Gasteiger partial charge in [0.1, 0.15) is 16.5 Å². The van der Waals surface area contributed by atoms with Gasteiger partial charge >= 0.3 is 0 Å². The van der Waals surface area contributed by atoms with Crippen molar-refractivity contribution in [1.29, 1.82) is 0 Å². The lowest BCUT2D eigenvalue weighted by Gasteiger charge is -2.06. The van der Waals surface area contributed by atoms with Gasteiger partial charge in [-0.15, -0.1) is 0 Å². The highest BCUT2D eigenvalue weighted by Gasteiger charge is 2.11. The first-order valence-electron chi connectivity index (χ1n) is 6.62. The largest absolute Gasteiger partial charge is 0.461 e. The summed E-state index contributed by atoms with van der Waals surface area (Å²) in [5.41, 5.74) is 3.09. The summed E-state index contributed by atoms with van der Waals surface area (Å²) in [6.07, 6.45) is 2.61. The van der Waals surface area contributed by atoms with Crippen LogP contribution in [0.4, 0.5) is 5.69 Å². The van der Waals surface area contributed by atoms with E-state index >= 15 is 0 Å². The lowest BCUT2D eigenvalue weighted by atomic mass is 10.1. The molecular formula is C16H15ClN2O. The molecule has 1 N–H and O–H groups in total. The van der Waals surface area contributed by atoms with Gasteiger partial charge in [-0.2, -0.15) is 0 Å². The molecule has 2 aromatic heterocycles. The number of aryl methyl sites for hydroxylation is 1. The number of pyridine rings is 1. The minimum absolute atomic E-state index is 0.499. The van der Waals surface area contributed by atoms with E-state index in [0.29, 0.717) is 11.7 Å². The molecule has 0 aliphatic carbocycles. The molecule has 0 aliphatic rings. The number of rotatable bonds is 4. The van der Waals surface area contributed by atoms with E-state index in [-0.39, 0.29) is 0 Å². The molecule has 0 saturated carbocycles. The van der Waals surface area contributed by atoms with Gasteiger partial charge in [0.2, 0.25) is 0 Å². The molecule has 0 radical (unpaired) electrons. The minimum Gasteiger partial charge on any atom is -0.461 e. The van der Waals surface area contributed by atoms with Crippen molar-refractivity contribution in [2.24, 2.45) is 0 Å². The Bertz CT molecular complexity index is 719. The van der Waals surface area contributed by atoms with Crippen molar-refractivity contribution in [3.8, 4) is 0 Å². The number of furan rings is 1. The normalized spacial score (nSPS) is 10.9. The molecular weight excluding hydrogens is 272 g/mol. The Kier molecular flexibility index (Phi) is 3.61. The maximum Gasteiger partial charge on any atom is 0.134 e. The molecule has 3 aromatic rings. The third kappa shape index (κ3) is 2.49. The van der Waals surface area contributed by atoms with Crippen molar-refractivity contribution in [2.45, 2.75) is 19.9 Å². The number of anilines is 1. The molecule has 0 aliphatic heterocycles. The van der Waals surface area contributed by atoms with Crippen LogP contribution in [0.5, 0.6) is 0 Å². The van der Waals surface area contributed by atoms with Crippen LogP contribution in [-0.4, -0.2) is 4.98 Å². The van der Waals surface area contributed by atoms with Gasteiger partial charge in [-0.3, -0.25) is 0 Å². The zero-order valence-electron chi connectivity index (χ0n) is 11.2. The van der Waals surface area contributed by atoms with Crippen LogP contribution in [-0.2, 0) is 13.0 Å². The van der Waals surface area contributed by atoms with Crippen LogP contribution in [0.15, 0.2) is 47.0 Å². The molecule has 0 spiro atoms. The molecule has 20 heavy (non-hydrogen) atoms. The fourth-order valence-corrected chi connectivity index (χ4v) is 2.41. The smallest absolute Gasteiger partial charge is 0.134 e. The maximum absolute atomic E-state index is 5.88. The van der Waals surface area contributed by atoms with Crippen LogP contribution in [0.25, 0.3) is 11.0 Å². The molecule has 0 bridgehead atoms. The topological polar surface area (TPSA) is 38.1 Å². The summed E-state index contributed by atoms with van der Waals surface area (Å²) < 4.78 is 5.88. The first kappa shape index (κ1) is 13.0. The number of halogens is 1. The second-order valence-corrected chi connectivity index (χ2v) is 4.96. The van der Waals surface area contributed by atoms with E-state index in [4.69, 9.17) is 16.0 Å². The number of hydrogen-bond donors (Lipinski definition) is 1. The van der Waals surface area contributed by atoms with E-state index in [9.17, 15) is 0 Å². The number of benzene rings is 1. The highest BCUT2D eigenvalue weighted by Crippen LogP contribution is 2.27. The van der Waals surface area contributed by atoms with Gasteiger partial charge in [-0.05, 0) is 18.2 Å². The van der Waals surface area contributed by atoms with E-state index in [1.54, 1.807) is 12.3 Å². The summed E-state index contributed by atoms with van der Waals surface area (Å²) in [6.45, 7) is 2.81. The summed E-state index contributed by atoms with van der Waals surface area (Å²) in [6, 6.07) is 11.8. The minimum atomic E-state index is 0.499. The Balaban J connectivity index is 1.88. The van der Waals surface area contributed by atoms with Crippen molar-refractivity contribution >= 4 is 28.3 Å². The van der Waals surface area contributed by atoms with Crippen LogP contribution in [0.3, 0.4) is 0 Å². The second kappa shape index (κ2) is 5.55. The monoisotopic (exact) mass is 286 g/mol. The van der Waals surface area contributed by atoms with Gasteiger partial charge in [0, 0.05) is 23.9 Å². The molecule has 0 atom stereocenters. The molecule has 0 amide bonds. The van der Waals surface area contributed by atoms with Gasteiger partial charge in [-0.25, -0.2) is 4.98 Å². The van der Waals surface area contributed by atoms with Crippen molar-refractivity contribution in [3.05, 3.63) is 59.1 Å². The SMILES string of the molecule is CCc1oc2ccccc2c1CNc1ccc(Cl)nc1. The van der Waals surface area contributed by atoms with Crippen LogP contribution < -0.4 is 5.32 Å². The first-order valence-corrected chi connectivity index (χ1v) is 7.00. The molecule has 3 rings (SSSR count). The van der Waals surface area contributed by atoms with Crippen LogP contribution in [0.1, 0.15) is 18.2 Å². The Hall–Kier alpha value is -2.00. The molecule has 3 nitrogen and oxygen atoms in total. The average molecular weight is 287 g/mol. The van der Waals surface area contributed by atoms with Gasteiger partial charge in [-0.1, -0.05) is 36.7 Å². The third-order valence-corrected chi connectivity index (χ3v) is 3.52. The standard InChI is InChI=1S/C16H15ClN2O/c1-2-14-13(12-5-3-4-6-15(12)20-14)10-18-11-7-8-16(17)19-9-11/h3-9,18H,2,10H2,1H3. The zero-order valence-corrected chi connectivity index (χ0v) is 11.9. The van der Waals surface area contributed by atoms with Gasteiger partial charge in [0.15, 0.2) is 0 Å². The van der Waals surface area contributed by atoms with E-state index in [2.05, 4.69) is 23.3 Å². The number of para-hydroxylation sites is 1. The fourth-order valence-electron chi connectivity index (χ4n) is 2.30. The van der Waals surface area contributed by atoms with Crippen molar-refractivity contribution in [3.63, 3.8) is 0 Å². The predicted octanol–water partition coefficient (Wildman–Crippen LogP) is 4.66. The van der Waals surface area contributed by atoms with Crippen LogP contribution >= 0.6 is 11.6 Å². The summed E-state index contributed by atoms with van der Waals surface area (Å²) >= 11 is 5.78. The highest BCUT2D eigenvalue weighted by molar-refractivity contribution is 6.29. The molecule has 102 valence electrons. The van der Waals surface area contributed by atoms with Crippen molar-refractivity contribution < 1.29 is 4.42 Å². The maximum atomic E-state index is 5.88. The summed E-state index contributed by atoms with van der Waals surface area (Å²) in [5.74, 6) is 1.03. The summed E-state index contributed by atoms with van der Waals surface area (Å²) in [5, 5.41) is 5.02. The molecule has 0 fully saturated rings. The van der Waals surface area contributed by atoms with Gasteiger partial charge in [0.05, 0.1) is 11.9 Å². The molecule has 0 saturated heterocycles. The van der Waals surface area contributed by atoms with Crippen LogP contribution in [0, 0.1) is 0 Å². The number of nitrogens with zero attached hydrogens (tertiary/aromatic N) is 1. The van der Waals surface area contributed by atoms with E-state index in [0.717, 1.165) is 23.5 Å². The lowest BCUT2D eigenvalue weighted by molar-refractivity contribution is 0.551. The quantitative estimate of drug-likeness (QED) is 0.709. The molecule has 4 heteroatoms. The third-order valence-electron chi connectivity index (χ3n) is 3.30. The highest BCUT2D eigenvalue weighted by atomic mass is 35.5. The Labute approximate surface area is 122 Å². The lowest BCUT2D eigenvalue weighted by Crippen LogP contribution is -2.01.